The number of hydrogen-bond acceptors (Lipinski definition) is 7. The summed E-state index contributed by atoms with van der Waals surface area (Å²) in [6, 6.07) is 4.92. The lowest BCUT2D eigenvalue weighted by molar-refractivity contribution is -0.150. The van der Waals surface area contributed by atoms with Crippen LogP contribution in [0.25, 0.3) is 0 Å². The van der Waals surface area contributed by atoms with Gasteiger partial charge in [-0.1, -0.05) is 30.3 Å². The van der Waals surface area contributed by atoms with Crippen LogP contribution in [0.4, 0.5) is 0 Å². The monoisotopic (exact) mass is 519 g/mol. The van der Waals surface area contributed by atoms with Crippen molar-refractivity contribution in [3.8, 4) is 0 Å². The number of nitrogens with one attached hydrogen (secondary N) is 2. The Morgan fingerprint density at radius 1 is 0.973 bits per heavy atom. The van der Waals surface area contributed by atoms with E-state index in [0.29, 0.717) is 25.8 Å². The van der Waals surface area contributed by atoms with Gasteiger partial charge in [0.2, 0.25) is 17.7 Å². The molecule has 1 heterocycles. The van der Waals surface area contributed by atoms with E-state index in [0.717, 1.165) is 10.5 Å². The maximum Gasteiger partial charge on any atom is 0.326 e. The quantitative estimate of drug-likeness (QED) is 0.166. The average Bonchev–Trinajstić information content (AvgIpc) is 3.36. The van der Waals surface area contributed by atoms with Crippen molar-refractivity contribution in [1.29, 1.82) is 0 Å². The Bertz CT molecular complexity index is 943. The second-order valence-corrected chi connectivity index (χ2v) is 9.16. The van der Waals surface area contributed by atoms with Crippen LogP contribution in [-0.4, -0.2) is 82.0 Å². The fraction of sp³-hybridized carbons (Fsp3) is 0.560. The average molecular weight is 520 g/mol. The Labute approximate surface area is 215 Å². The third-order valence-electron chi connectivity index (χ3n) is 6.30. The van der Waals surface area contributed by atoms with Gasteiger partial charge in [0.15, 0.2) is 0 Å². The summed E-state index contributed by atoms with van der Waals surface area (Å²) in [7, 11) is 0. The largest absolute Gasteiger partial charge is 0.481 e. The topological polar surface area (TPSA) is 205 Å². The zero-order valence-corrected chi connectivity index (χ0v) is 20.8. The Hall–Kier alpha value is -3.51. The highest BCUT2D eigenvalue weighted by Crippen LogP contribution is 2.20. The molecule has 1 aliphatic rings. The van der Waals surface area contributed by atoms with Gasteiger partial charge in [0, 0.05) is 13.0 Å². The van der Waals surface area contributed by atoms with E-state index in [9.17, 15) is 29.1 Å². The van der Waals surface area contributed by atoms with Gasteiger partial charge in [-0.05, 0) is 57.1 Å². The second-order valence-electron chi connectivity index (χ2n) is 9.16. The summed E-state index contributed by atoms with van der Waals surface area (Å²) in [6.45, 7) is 0.585. The molecule has 12 nitrogen and oxygen atoms in total. The summed E-state index contributed by atoms with van der Waals surface area (Å²) in [4.78, 5) is 63.0. The van der Waals surface area contributed by atoms with Crippen molar-refractivity contribution in [2.24, 2.45) is 11.5 Å². The van der Waals surface area contributed by atoms with Crippen molar-refractivity contribution in [1.82, 2.24) is 15.5 Å². The van der Waals surface area contributed by atoms with Crippen LogP contribution in [0, 0.1) is 0 Å². The number of benzene rings is 1. The minimum absolute atomic E-state index is 0.195. The molecule has 1 aromatic carbocycles. The first-order valence-electron chi connectivity index (χ1n) is 12.5. The fourth-order valence-corrected chi connectivity index (χ4v) is 4.29. The lowest BCUT2D eigenvalue weighted by atomic mass is 10.0. The maximum atomic E-state index is 13.2. The summed E-state index contributed by atoms with van der Waals surface area (Å²) in [6.07, 6.45) is 1.74. The number of carbonyl (C=O) groups is 5. The van der Waals surface area contributed by atoms with Gasteiger partial charge < -0.3 is 37.2 Å². The molecule has 1 aromatic rings. The molecule has 2 rings (SSSR count). The van der Waals surface area contributed by atoms with Gasteiger partial charge in [-0.25, -0.2) is 4.79 Å². The van der Waals surface area contributed by atoms with Gasteiger partial charge in [0.05, 0.1) is 6.04 Å². The third-order valence-corrected chi connectivity index (χ3v) is 6.30. The fourth-order valence-electron chi connectivity index (χ4n) is 4.29. The van der Waals surface area contributed by atoms with E-state index in [1.54, 1.807) is 0 Å². The van der Waals surface area contributed by atoms with Gasteiger partial charge >= 0.3 is 11.9 Å². The van der Waals surface area contributed by atoms with E-state index in [2.05, 4.69) is 10.6 Å². The molecular weight excluding hydrogens is 482 g/mol. The van der Waals surface area contributed by atoms with Crippen molar-refractivity contribution < 1.29 is 34.2 Å². The maximum absolute atomic E-state index is 13.2. The van der Waals surface area contributed by atoms with E-state index >= 15 is 0 Å². The molecule has 0 aromatic heterocycles. The number of hydrogen-bond donors (Lipinski definition) is 6. The lowest BCUT2D eigenvalue weighted by Gasteiger charge is -2.29. The van der Waals surface area contributed by atoms with Gasteiger partial charge in [0.25, 0.3) is 0 Å². The molecule has 12 heteroatoms. The molecule has 0 aliphatic carbocycles. The molecule has 0 bridgehead atoms. The summed E-state index contributed by atoms with van der Waals surface area (Å²) in [5, 5.41) is 23.8. The van der Waals surface area contributed by atoms with Crippen LogP contribution in [0.2, 0.25) is 0 Å². The standard InChI is InChI=1S/C25H37N5O7/c26-13-5-4-9-18(28-22(33)17(27)15-16-7-2-1-3-8-16)23(34)29-19(11-12-21(31)32)24(35)30-14-6-10-20(30)25(36)37/h1-3,7-8,17-20H,4-6,9-15,26-27H2,(H,28,33)(H,29,34)(H,31,32)(H,36,37). The Balaban J connectivity index is 2.14. The molecule has 1 saturated heterocycles. The van der Waals surface area contributed by atoms with Crippen molar-refractivity contribution in [3.63, 3.8) is 0 Å². The van der Waals surface area contributed by atoms with Gasteiger partial charge in [0.1, 0.15) is 18.1 Å². The van der Waals surface area contributed by atoms with Crippen molar-refractivity contribution in [2.45, 2.75) is 75.5 Å². The zero-order chi connectivity index (χ0) is 27.4. The van der Waals surface area contributed by atoms with Crippen LogP contribution in [0.1, 0.15) is 50.5 Å². The van der Waals surface area contributed by atoms with E-state index < -0.39 is 60.2 Å². The molecule has 0 saturated carbocycles. The van der Waals surface area contributed by atoms with Gasteiger partial charge in [-0.15, -0.1) is 0 Å². The number of unbranched alkanes of at least 4 members (excludes halogenated alkanes) is 1. The van der Waals surface area contributed by atoms with Crippen molar-refractivity contribution >= 4 is 29.7 Å². The molecule has 37 heavy (non-hydrogen) atoms. The molecular formula is C25H37N5O7. The molecule has 4 atom stereocenters. The summed E-state index contributed by atoms with van der Waals surface area (Å²) in [5.41, 5.74) is 12.5. The Kier molecular flexibility index (Phi) is 12.0. The van der Waals surface area contributed by atoms with Crippen LogP contribution in [0.5, 0.6) is 0 Å². The van der Waals surface area contributed by atoms with Crippen LogP contribution in [0.15, 0.2) is 30.3 Å². The predicted octanol–water partition coefficient (Wildman–Crippen LogP) is -0.405. The summed E-state index contributed by atoms with van der Waals surface area (Å²) in [5.74, 6) is -4.20. The number of rotatable bonds is 15. The number of amides is 3. The second kappa shape index (κ2) is 14.9. The molecule has 8 N–H and O–H groups in total. The van der Waals surface area contributed by atoms with Gasteiger partial charge in [-0.3, -0.25) is 19.2 Å². The zero-order valence-electron chi connectivity index (χ0n) is 20.8. The molecule has 4 unspecified atom stereocenters. The highest BCUT2D eigenvalue weighted by Gasteiger charge is 2.38. The molecule has 1 aliphatic heterocycles. The lowest BCUT2D eigenvalue weighted by Crippen LogP contribution is -2.57. The van der Waals surface area contributed by atoms with Gasteiger partial charge in [-0.2, -0.15) is 0 Å². The highest BCUT2D eigenvalue weighted by atomic mass is 16.4. The molecule has 1 fully saturated rings. The summed E-state index contributed by atoms with van der Waals surface area (Å²) < 4.78 is 0. The number of likely N-dealkylation sites (tertiary alicyclic amines) is 1. The van der Waals surface area contributed by atoms with E-state index in [1.165, 1.54) is 0 Å². The van der Waals surface area contributed by atoms with Crippen LogP contribution < -0.4 is 22.1 Å². The highest BCUT2D eigenvalue weighted by molar-refractivity contribution is 5.94. The molecule has 0 radical (unpaired) electrons. The molecule has 204 valence electrons. The first-order valence-corrected chi connectivity index (χ1v) is 12.5. The Morgan fingerprint density at radius 2 is 1.65 bits per heavy atom. The third kappa shape index (κ3) is 9.47. The normalized spacial score (nSPS) is 17.5. The van der Waals surface area contributed by atoms with Crippen LogP contribution >= 0.6 is 0 Å². The van der Waals surface area contributed by atoms with E-state index in [4.69, 9.17) is 16.6 Å². The SMILES string of the molecule is NCCCCC(NC(=O)C(N)Cc1ccccc1)C(=O)NC(CCC(=O)O)C(=O)N1CCCC1C(=O)O. The smallest absolute Gasteiger partial charge is 0.326 e. The molecule has 3 amide bonds. The van der Waals surface area contributed by atoms with Crippen molar-refractivity contribution in [2.75, 3.05) is 13.1 Å². The van der Waals surface area contributed by atoms with Crippen LogP contribution in [-0.2, 0) is 30.4 Å². The number of nitrogens with two attached hydrogens (primary N) is 2. The van der Waals surface area contributed by atoms with Crippen LogP contribution in [0.3, 0.4) is 0 Å². The van der Waals surface area contributed by atoms with E-state index in [1.807, 2.05) is 30.3 Å². The first kappa shape index (κ1) is 29.7. The van der Waals surface area contributed by atoms with E-state index in [-0.39, 0.29) is 32.2 Å². The predicted molar refractivity (Wildman–Crippen MR) is 134 cm³/mol. The minimum atomic E-state index is -1.25. The first-order chi connectivity index (χ1) is 17.6. The number of aliphatic carboxylic acids is 2. The minimum Gasteiger partial charge on any atom is -0.481 e. The molecule has 0 spiro atoms. The number of carbonyl (C=O) groups excluding carboxylic acids is 3. The summed E-state index contributed by atoms with van der Waals surface area (Å²) >= 11 is 0. The van der Waals surface area contributed by atoms with Crippen molar-refractivity contribution in [3.05, 3.63) is 35.9 Å². The number of carboxylic acid groups (broad SMARTS) is 2. The Morgan fingerprint density at radius 3 is 2.27 bits per heavy atom. The number of nitrogens with zero attached hydrogens (tertiary/aromatic N) is 1. The number of carboxylic acids is 2.